The standard InChI is InChI=1S/C47H65N9O21P2/c48-47-52-42-39(44(62)53-47)54(27-31-5-2-1-3-6-31)30-56(42)46-41(60)40(59)36(76-46)29-75-79(66,67)77-78(64,65)49-12-14-69-16-18-71-20-22-73-24-26-74-25-23-72-21-19-70-17-15-68-13-11-38(58)50-34-8-4-7-32-33(34)28-55(45(32)63)35-9-10-37(57)51-43(35)61/h1-8,30,35-36,40-41,46,59-60H,9-29H2,(H7-,48,49,50,51,52,53,57,58,61,62,64,65,66,67)/p+1/t35?,36-,40-,41-,46-/m1/s1. The quantitative estimate of drug-likeness (QED) is 0.0115. The molecule has 2 aromatic heterocycles. The number of ether oxygens (including phenoxy) is 8. The molecule has 79 heavy (non-hydrogen) atoms. The summed E-state index contributed by atoms with van der Waals surface area (Å²) in [6, 6.07) is 13.4. The Morgan fingerprint density at radius 3 is 2.04 bits per heavy atom. The van der Waals surface area contributed by atoms with Crippen LogP contribution < -0.4 is 31.6 Å². The van der Waals surface area contributed by atoms with Gasteiger partial charge >= 0.3 is 21.2 Å². The van der Waals surface area contributed by atoms with Crippen LogP contribution in [0.5, 0.6) is 0 Å². The molecule has 10 N–H and O–H groups in total. The Labute approximate surface area is 451 Å². The highest BCUT2D eigenvalue weighted by Crippen LogP contribution is 2.57. The predicted octanol–water partition coefficient (Wildman–Crippen LogP) is -1.01. The van der Waals surface area contributed by atoms with E-state index in [9.17, 15) is 53.1 Å². The van der Waals surface area contributed by atoms with Crippen molar-refractivity contribution in [1.29, 1.82) is 0 Å². The molecule has 5 heterocycles. The molecule has 4 aromatic rings. The van der Waals surface area contributed by atoms with Crippen LogP contribution in [0, 0.1) is 0 Å². The number of carbonyl (C=O) groups is 4. The first-order valence-electron chi connectivity index (χ1n) is 25.2. The molecule has 2 saturated heterocycles. The van der Waals surface area contributed by atoms with Crippen LogP contribution in [-0.2, 0) is 83.3 Å². The van der Waals surface area contributed by atoms with Crippen LogP contribution in [-0.4, -0.2) is 193 Å². The molecule has 4 amide bonds. The van der Waals surface area contributed by atoms with Gasteiger partial charge in [0.2, 0.25) is 29.5 Å². The molecule has 2 fully saturated rings. The number of nitrogens with zero attached hydrogens (tertiary/aromatic N) is 4. The zero-order valence-corrected chi connectivity index (χ0v) is 44.7. The number of H-pyrrole nitrogens is 1. The second kappa shape index (κ2) is 29.8. The number of hydrogen-bond acceptors (Lipinski definition) is 21. The molecule has 0 spiro atoms. The maximum Gasteiger partial charge on any atom is 0.480 e. The molecule has 0 saturated carbocycles. The summed E-state index contributed by atoms with van der Waals surface area (Å²) >= 11 is 0. The summed E-state index contributed by atoms with van der Waals surface area (Å²) in [4.78, 5) is 90.9. The number of anilines is 2. The molecule has 3 unspecified atom stereocenters. The van der Waals surface area contributed by atoms with Gasteiger partial charge in [0.05, 0.1) is 112 Å². The largest absolute Gasteiger partial charge is 0.480 e. The number of benzene rings is 2. The van der Waals surface area contributed by atoms with Crippen molar-refractivity contribution in [3.05, 3.63) is 81.9 Å². The van der Waals surface area contributed by atoms with Crippen LogP contribution in [0.4, 0.5) is 11.6 Å². The van der Waals surface area contributed by atoms with Crippen LogP contribution >= 0.6 is 15.6 Å². The number of carbonyl (C=O) groups excluding carboxylic acids is 4. The van der Waals surface area contributed by atoms with Gasteiger partial charge in [0, 0.05) is 36.3 Å². The van der Waals surface area contributed by atoms with Crippen molar-refractivity contribution in [2.24, 2.45) is 0 Å². The summed E-state index contributed by atoms with van der Waals surface area (Å²) in [5.74, 6) is -1.72. The summed E-state index contributed by atoms with van der Waals surface area (Å²) in [7, 11) is -10.2. The minimum absolute atomic E-state index is 0.0167. The van der Waals surface area contributed by atoms with Gasteiger partial charge in [-0.15, -0.1) is 0 Å². The van der Waals surface area contributed by atoms with E-state index in [1.54, 1.807) is 22.8 Å². The highest BCUT2D eigenvalue weighted by molar-refractivity contribution is 7.62. The number of aliphatic hydroxyl groups is 2. The third-order valence-electron chi connectivity index (χ3n) is 12.2. The molecule has 30 nitrogen and oxygen atoms in total. The molecule has 0 bridgehead atoms. The molecule has 0 radical (unpaired) electrons. The molecule has 7 atom stereocenters. The SMILES string of the molecule is Nc1nc2c(c(=O)[nH]1)n(Cc1ccccc1)c[n+]2[C@@H]1O[C@H](COP(=O)(O)OP(=O)(O)NCCOCCOCCOCCOCCOCCOCCOCCC(=O)Nc2cccc3c2CN(C2CCC(=O)NC2=O)C3=O)[C@@H](O)[C@H]1O. The number of imidazole rings is 1. The zero-order chi connectivity index (χ0) is 56.4. The number of aromatic amines is 1. The van der Waals surface area contributed by atoms with Crippen LogP contribution in [0.25, 0.3) is 11.2 Å². The summed E-state index contributed by atoms with van der Waals surface area (Å²) < 4.78 is 81.3. The molecule has 3 aliphatic rings. The lowest BCUT2D eigenvalue weighted by atomic mass is 10.0. The summed E-state index contributed by atoms with van der Waals surface area (Å²) in [5, 5.41) is 28.9. The molecular formula is C47H66N9O21P2+. The molecular weight excluding hydrogens is 1090 g/mol. The number of nitrogens with one attached hydrogen (secondary N) is 4. The molecule has 0 aliphatic carbocycles. The van der Waals surface area contributed by atoms with Gasteiger partial charge in [0.1, 0.15) is 24.4 Å². The van der Waals surface area contributed by atoms with E-state index in [4.69, 9.17) is 48.2 Å². The van der Waals surface area contributed by atoms with Crippen LogP contribution in [0.2, 0.25) is 0 Å². The Morgan fingerprint density at radius 2 is 1.42 bits per heavy atom. The number of nitrogens with two attached hydrogens (primary N) is 1. The molecule has 434 valence electrons. The number of aliphatic hydroxyl groups excluding tert-OH is 2. The van der Waals surface area contributed by atoms with E-state index in [2.05, 4.69) is 30.0 Å². The number of phosphoric acid groups is 1. The molecule has 32 heteroatoms. The van der Waals surface area contributed by atoms with Gasteiger partial charge < -0.3 is 73.8 Å². The number of hydrogen-bond donors (Lipinski definition) is 9. The van der Waals surface area contributed by atoms with E-state index in [0.717, 1.165) is 5.56 Å². The average Bonchev–Trinajstić information content (AvgIpc) is 4.27. The maximum atomic E-state index is 13.0. The third kappa shape index (κ3) is 18.0. The van der Waals surface area contributed by atoms with Crippen molar-refractivity contribution >= 4 is 62.0 Å². The molecule has 7 rings (SSSR count). The number of piperidine rings is 1. The van der Waals surface area contributed by atoms with Gasteiger partial charge in [-0.3, -0.25) is 43.4 Å². The topological polar surface area (TPSA) is 396 Å². The Hall–Kier alpha value is -5.47. The van der Waals surface area contributed by atoms with Crippen molar-refractivity contribution in [2.45, 2.75) is 62.9 Å². The first kappa shape index (κ1) is 61.2. The lowest BCUT2D eigenvalue weighted by Crippen LogP contribution is -2.52. The summed E-state index contributed by atoms with van der Waals surface area (Å²) in [6.45, 7) is 2.76. The van der Waals surface area contributed by atoms with E-state index >= 15 is 0 Å². The van der Waals surface area contributed by atoms with Crippen molar-refractivity contribution in [1.82, 2.24) is 29.8 Å². The Balaban J connectivity index is 0.636. The highest BCUT2D eigenvalue weighted by Gasteiger charge is 2.48. The predicted molar refractivity (Wildman–Crippen MR) is 273 cm³/mol. The second-order valence-corrected chi connectivity index (χ2v) is 21.1. The number of phosphoric ester groups is 1. The summed E-state index contributed by atoms with van der Waals surface area (Å²) in [5.41, 5.74) is 7.67. The first-order chi connectivity index (χ1) is 38.0. The Morgan fingerprint density at radius 1 is 0.810 bits per heavy atom. The van der Waals surface area contributed by atoms with E-state index in [1.165, 1.54) is 15.8 Å². The fraction of sp³-hybridized carbons (Fsp3) is 0.553. The number of imide groups is 1. The highest BCUT2D eigenvalue weighted by atomic mass is 31.3. The van der Waals surface area contributed by atoms with Gasteiger partial charge in [-0.05, 0) is 24.1 Å². The minimum atomic E-state index is -5.25. The fourth-order valence-electron chi connectivity index (χ4n) is 8.48. The zero-order valence-electron chi connectivity index (χ0n) is 42.9. The lowest BCUT2D eigenvalue weighted by Gasteiger charge is -2.29. The van der Waals surface area contributed by atoms with Gasteiger partial charge in [-0.1, -0.05) is 41.4 Å². The summed E-state index contributed by atoms with van der Waals surface area (Å²) in [6.07, 6.45) is -4.24. The van der Waals surface area contributed by atoms with Gasteiger partial charge in [-0.2, -0.15) is 4.31 Å². The van der Waals surface area contributed by atoms with Crippen molar-refractivity contribution in [2.75, 3.05) is 117 Å². The van der Waals surface area contributed by atoms with Crippen molar-refractivity contribution < 1.29 is 99.6 Å². The van der Waals surface area contributed by atoms with Crippen LogP contribution in [0.1, 0.15) is 47.0 Å². The fourth-order valence-corrected chi connectivity index (χ4v) is 10.7. The smallest absolute Gasteiger partial charge is 0.387 e. The van der Waals surface area contributed by atoms with Gasteiger partial charge in [0.25, 0.3) is 17.4 Å². The average molecular weight is 1160 g/mol. The minimum Gasteiger partial charge on any atom is -0.387 e. The monoisotopic (exact) mass is 1150 g/mol. The van der Waals surface area contributed by atoms with E-state index in [1.807, 2.05) is 30.3 Å². The first-order valence-corrected chi connectivity index (χ1v) is 28.3. The van der Waals surface area contributed by atoms with Crippen LogP contribution in [0.3, 0.4) is 0 Å². The normalized spacial score (nSPS) is 20.8. The van der Waals surface area contributed by atoms with Gasteiger partial charge in [-0.25, -0.2) is 18.8 Å². The van der Waals surface area contributed by atoms with Crippen LogP contribution in [0.15, 0.2) is 59.7 Å². The molecule has 3 aliphatic heterocycles. The number of fused-ring (bicyclic) bond motifs is 2. The van der Waals surface area contributed by atoms with Crippen molar-refractivity contribution in [3.8, 4) is 0 Å². The van der Waals surface area contributed by atoms with Crippen molar-refractivity contribution in [3.63, 3.8) is 0 Å². The van der Waals surface area contributed by atoms with E-state index < -0.39 is 64.2 Å². The molecule has 2 aromatic carbocycles. The third-order valence-corrected chi connectivity index (χ3v) is 15.0. The number of amides is 4. The lowest BCUT2D eigenvalue weighted by molar-refractivity contribution is -0.745. The maximum absolute atomic E-state index is 13.0. The van der Waals surface area contributed by atoms with E-state index in [-0.39, 0.29) is 113 Å². The Bertz CT molecular complexity index is 2850. The Kier molecular flexibility index (Phi) is 23.1. The van der Waals surface area contributed by atoms with E-state index in [0.29, 0.717) is 69.7 Å². The number of nitrogen functional groups attached to an aromatic ring is 1. The number of rotatable bonds is 35. The van der Waals surface area contributed by atoms with Gasteiger partial charge in [0.15, 0.2) is 6.33 Å². The second-order valence-electron chi connectivity index (χ2n) is 17.9. The number of aromatic nitrogens is 4.